The van der Waals surface area contributed by atoms with Gasteiger partial charge in [-0.25, -0.2) is 0 Å². The van der Waals surface area contributed by atoms with Crippen molar-refractivity contribution in [1.29, 1.82) is 0 Å². The second kappa shape index (κ2) is 6.93. The van der Waals surface area contributed by atoms with E-state index in [4.69, 9.17) is 9.47 Å². The fraction of sp³-hybridized carbons (Fsp3) is 0.917. The molecule has 1 saturated heterocycles. The largest absolute Gasteiger partial charge is 0.354 e. The van der Waals surface area contributed by atoms with E-state index < -0.39 is 6.29 Å². The van der Waals surface area contributed by atoms with Crippen molar-refractivity contribution in [3.8, 4) is 0 Å². The number of hydrogen-bond acceptors (Lipinski definition) is 4. The minimum absolute atomic E-state index is 0.0307. The second-order valence-electron chi connectivity index (χ2n) is 4.77. The Morgan fingerprint density at radius 2 is 2.06 bits per heavy atom. The van der Waals surface area contributed by atoms with Gasteiger partial charge in [-0.3, -0.25) is 4.79 Å². The number of nitrogens with one attached hydrogen (secondary N) is 2. The van der Waals surface area contributed by atoms with E-state index in [1.165, 1.54) is 0 Å². The Kier molecular flexibility index (Phi) is 5.88. The van der Waals surface area contributed by atoms with Crippen LogP contribution in [0.4, 0.5) is 0 Å². The number of carbonyl (C=O) groups excluding carboxylic acids is 1. The summed E-state index contributed by atoms with van der Waals surface area (Å²) in [7, 11) is 3.13. The fourth-order valence-corrected chi connectivity index (χ4v) is 2.20. The molecule has 3 unspecified atom stereocenters. The molecule has 100 valence electrons. The first kappa shape index (κ1) is 14.4. The molecule has 0 aliphatic carbocycles. The van der Waals surface area contributed by atoms with E-state index >= 15 is 0 Å². The van der Waals surface area contributed by atoms with Crippen molar-refractivity contribution >= 4 is 5.91 Å². The summed E-state index contributed by atoms with van der Waals surface area (Å²) in [6.07, 6.45) is 1.63. The van der Waals surface area contributed by atoms with Crippen molar-refractivity contribution < 1.29 is 14.3 Å². The van der Waals surface area contributed by atoms with Crippen molar-refractivity contribution in [2.75, 3.05) is 20.8 Å². The third-order valence-corrected chi connectivity index (χ3v) is 3.23. The van der Waals surface area contributed by atoms with Crippen LogP contribution < -0.4 is 10.6 Å². The quantitative estimate of drug-likeness (QED) is 0.691. The number of ether oxygens (including phenoxy) is 2. The van der Waals surface area contributed by atoms with E-state index in [9.17, 15) is 4.79 Å². The second-order valence-corrected chi connectivity index (χ2v) is 4.77. The SMILES string of the molecule is COC(OC)C(C)NC(=O)C1CC(C)CCN1. The molecule has 2 N–H and O–H groups in total. The summed E-state index contributed by atoms with van der Waals surface area (Å²) in [6, 6.07) is -0.243. The van der Waals surface area contributed by atoms with Crippen LogP contribution in [0, 0.1) is 5.92 Å². The first-order chi connectivity index (χ1) is 8.08. The molecule has 0 saturated carbocycles. The molecule has 17 heavy (non-hydrogen) atoms. The van der Waals surface area contributed by atoms with Gasteiger partial charge in [0, 0.05) is 14.2 Å². The van der Waals surface area contributed by atoms with E-state index in [0.29, 0.717) is 5.92 Å². The molecular weight excluding hydrogens is 220 g/mol. The van der Waals surface area contributed by atoms with E-state index in [-0.39, 0.29) is 18.0 Å². The molecule has 1 aliphatic heterocycles. The molecule has 1 amide bonds. The Morgan fingerprint density at radius 1 is 1.41 bits per heavy atom. The summed E-state index contributed by atoms with van der Waals surface area (Å²) in [5.74, 6) is 0.631. The van der Waals surface area contributed by atoms with Crippen molar-refractivity contribution in [3.63, 3.8) is 0 Å². The number of rotatable bonds is 5. The fourth-order valence-electron chi connectivity index (χ4n) is 2.20. The molecule has 0 aromatic carbocycles. The molecule has 1 heterocycles. The van der Waals surface area contributed by atoms with Crippen LogP contribution in [0.1, 0.15) is 26.7 Å². The zero-order valence-electron chi connectivity index (χ0n) is 11.2. The summed E-state index contributed by atoms with van der Waals surface area (Å²) < 4.78 is 10.2. The molecule has 0 aromatic heterocycles. The van der Waals surface area contributed by atoms with Gasteiger partial charge in [-0.1, -0.05) is 6.92 Å². The Bertz CT molecular complexity index is 244. The first-order valence-corrected chi connectivity index (χ1v) is 6.17. The van der Waals surface area contributed by atoms with E-state index in [0.717, 1.165) is 19.4 Å². The lowest BCUT2D eigenvalue weighted by Crippen LogP contribution is -2.53. The van der Waals surface area contributed by atoms with Crippen LogP contribution in [0.5, 0.6) is 0 Å². The van der Waals surface area contributed by atoms with Gasteiger partial charge in [-0.05, 0) is 32.2 Å². The summed E-state index contributed by atoms with van der Waals surface area (Å²) in [5, 5.41) is 6.16. The monoisotopic (exact) mass is 244 g/mol. The number of hydrogen-bond donors (Lipinski definition) is 2. The average molecular weight is 244 g/mol. The number of carbonyl (C=O) groups is 1. The molecule has 1 aliphatic rings. The zero-order valence-corrected chi connectivity index (χ0v) is 11.2. The number of piperidine rings is 1. The Morgan fingerprint density at radius 3 is 2.59 bits per heavy atom. The van der Waals surface area contributed by atoms with Crippen molar-refractivity contribution in [2.45, 2.75) is 45.1 Å². The van der Waals surface area contributed by atoms with Gasteiger partial charge in [0.1, 0.15) is 0 Å². The molecule has 5 nitrogen and oxygen atoms in total. The maximum Gasteiger partial charge on any atom is 0.237 e. The molecule has 1 fully saturated rings. The molecule has 0 radical (unpaired) electrons. The van der Waals surface area contributed by atoms with Crippen LogP contribution in [0.2, 0.25) is 0 Å². The van der Waals surface area contributed by atoms with Gasteiger partial charge in [-0.2, -0.15) is 0 Å². The molecule has 0 bridgehead atoms. The summed E-state index contributed by atoms with van der Waals surface area (Å²) in [6.45, 7) is 4.96. The highest BCUT2D eigenvalue weighted by molar-refractivity contribution is 5.82. The van der Waals surface area contributed by atoms with Crippen molar-refractivity contribution in [2.24, 2.45) is 5.92 Å². The van der Waals surface area contributed by atoms with Crippen LogP contribution >= 0.6 is 0 Å². The summed E-state index contributed by atoms with van der Waals surface area (Å²) >= 11 is 0. The highest BCUT2D eigenvalue weighted by Gasteiger charge is 2.27. The van der Waals surface area contributed by atoms with Gasteiger partial charge in [0.2, 0.25) is 5.91 Å². The van der Waals surface area contributed by atoms with E-state index in [1.54, 1.807) is 14.2 Å². The maximum atomic E-state index is 12.0. The lowest BCUT2D eigenvalue weighted by atomic mass is 9.94. The summed E-state index contributed by atoms with van der Waals surface area (Å²) in [4.78, 5) is 12.0. The molecule has 0 spiro atoms. The normalized spacial score (nSPS) is 26.9. The third kappa shape index (κ3) is 4.26. The average Bonchev–Trinajstić information content (AvgIpc) is 2.30. The van der Waals surface area contributed by atoms with Gasteiger partial charge in [-0.15, -0.1) is 0 Å². The highest BCUT2D eigenvalue weighted by Crippen LogP contribution is 2.15. The van der Waals surface area contributed by atoms with Gasteiger partial charge in [0.25, 0.3) is 0 Å². The number of amides is 1. The van der Waals surface area contributed by atoms with Crippen LogP contribution in [0.15, 0.2) is 0 Å². The maximum absolute atomic E-state index is 12.0. The van der Waals surface area contributed by atoms with Gasteiger partial charge >= 0.3 is 0 Å². The lowest BCUT2D eigenvalue weighted by molar-refractivity contribution is -0.137. The van der Waals surface area contributed by atoms with Gasteiger partial charge in [0.15, 0.2) is 6.29 Å². The Labute approximate surface area is 103 Å². The molecule has 0 aromatic rings. The minimum atomic E-state index is -0.403. The number of methoxy groups -OCH3 is 2. The van der Waals surface area contributed by atoms with Crippen LogP contribution in [-0.4, -0.2) is 45.0 Å². The Balaban J connectivity index is 2.42. The van der Waals surface area contributed by atoms with Crippen molar-refractivity contribution in [3.05, 3.63) is 0 Å². The predicted molar refractivity (Wildman–Crippen MR) is 65.6 cm³/mol. The standard InChI is InChI=1S/C12H24N2O3/c1-8-5-6-13-10(7-8)11(15)14-9(2)12(16-3)17-4/h8-10,12-13H,5-7H2,1-4H3,(H,14,15). The van der Waals surface area contributed by atoms with E-state index in [1.807, 2.05) is 6.92 Å². The predicted octanol–water partition coefficient (Wildman–Crippen LogP) is 0.498. The molecule has 5 heteroatoms. The third-order valence-electron chi connectivity index (χ3n) is 3.23. The van der Waals surface area contributed by atoms with Crippen LogP contribution in [-0.2, 0) is 14.3 Å². The first-order valence-electron chi connectivity index (χ1n) is 6.17. The van der Waals surface area contributed by atoms with Crippen molar-refractivity contribution in [1.82, 2.24) is 10.6 Å². The highest BCUT2D eigenvalue weighted by atomic mass is 16.7. The van der Waals surface area contributed by atoms with E-state index in [2.05, 4.69) is 17.6 Å². The lowest BCUT2D eigenvalue weighted by Gasteiger charge is -2.29. The topological polar surface area (TPSA) is 59.6 Å². The van der Waals surface area contributed by atoms with Crippen LogP contribution in [0.3, 0.4) is 0 Å². The van der Waals surface area contributed by atoms with Gasteiger partial charge < -0.3 is 20.1 Å². The Hall–Kier alpha value is -0.650. The zero-order chi connectivity index (χ0) is 12.8. The molecule has 3 atom stereocenters. The molecule has 1 rings (SSSR count). The molecular formula is C12H24N2O3. The summed E-state index contributed by atoms with van der Waals surface area (Å²) in [5.41, 5.74) is 0. The smallest absolute Gasteiger partial charge is 0.237 e. The van der Waals surface area contributed by atoms with Crippen LogP contribution in [0.25, 0.3) is 0 Å². The minimum Gasteiger partial charge on any atom is -0.354 e. The van der Waals surface area contributed by atoms with Gasteiger partial charge in [0.05, 0.1) is 12.1 Å².